The van der Waals surface area contributed by atoms with Crippen LogP contribution in [-0.4, -0.2) is 20.4 Å². The van der Waals surface area contributed by atoms with Crippen LogP contribution in [0.3, 0.4) is 0 Å². The first kappa shape index (κ1) is 16.8. The van der Waals surface area contributed by atoms with Crippen LogP contribution in [-0.2, 0) is 11.0 Å². The average molecular weight is 339 g/mol. The molecule has 0 radical (unpaired) electrons. The Bertz CT molecular complexity index is 669. The second kappa shape index (κ2) is 5.92. The highest BCUT2D eigenvalue weighted by molar-refractivity contribution is 7.11. The van der Waals surface area contributed by atoms with Crippen LogP contribution < -0.4 is 10.6 Å². The maximum absolute atomic E-state index is 12.2. The Hall–Kier alpha value is -1.54. The third-order valence-corrected chi connectivity index (χ3v) is 4.77. The Kier molecular flexibility index (Phi) is 4.53. The highest BCUT2D eigenvalue weighted by Crippen LogP contribution is 2.26. The van der Waals surface area contributed by atoms with E-state index in [1.165, 1.54) is 11.5 Å². The van der Waals surface area contributed by atoms with Gasteiger partial charge in [-0.1, -0.05) is 20.8 Å². The van der Waals surface area contributed by atoms with Crippen molar-refractivity contribution in [3.05, 3.63) is 21.9 Å². The quantitative estimate of drug-likeness (QED) is 0.894. The smallest absolute Gasteiger partial charge is 0.321 e. The van der Waals surface area contributed by atoms with Crippen LogP contribution in [0, 0.1) is 6.92 Å². The van der Waals surface area contributed by atoms with E-state index in [9.17, 15) is 4.79 Å². The number of rotatable bonds is 3. The number of carbonyl (C=O) groups is 1. The fourth-order valence-corrected chi connectivity index (χ4v) is 3.26. The molecular formula is C14H21N5OS2. The highest BCUT2D eigenvalue weighted by Gasteiger charge is 2.27. The summed E-state index contributed by atoms with van der Waals surface area (Å²) in [7, 11) is 0. The van der Waals surface area contributed by atoms with E-state index in [1.807, 2.05) is 47.7 Å². The molecule has 0 fully saturated rings. The summed E-state index contributed by atoms with van der Waals surface area (Å²) in [5.41, 5.74) is -0.675. The second-order valence-electron chi connectivity index (χ2n) is 6.65. The van der Waals surface area contributed by atoms with Crippen LogP contribution in [0.15, 0.2) is 6.20 Å². The fourth-order valence-electron chi connectivity index (χ4n) is 1.69. The maximum Gasteiger partial charge on any atom is 0.321 e. The van der Waals surface area contributed by atoms with Gasteiger partial charge in [0.1, 0.15) is 10.8 Å². The zero-order valence-corrected chi connectivity index (χ0v) is 15.3. The first-order chi connectivity index (χ1) is 10.1. The van der Waals surface area contributed by atoms with E-state index in [2.05, 4.69) is 25.0 Å². The Morgan fingerprint density at radius 2 is 1.91 bits per heavy atom. The number of thiazole rings is 1. The molecule has 0 aliphatic carbocycles. The molecule has 0 aromatic carbocycles. The Morgan fingerprint density at radius 1 is 1.23 bits per heavy atom. The van der Waals surface area contributed by atoms with E-state index in [1.54, 1.807) is 11.3 Å². The van der Waals surface area contributed by atoms with Gasteiger partial charge in [-0.05, 0) is 20.8 Å². The molecule has 6 nitrogen and oxygen atoms in total. The summed E-state index contributed by atoms with van der Waals surface area (Å²) < 4.78 is 4.28. The van der Waals surface area contributed by atoms with Crippen LogP contribution in [0.25, 0.3) is 0 Å². The first-order valence-electron chi connectivity index (χ1n) is 6.94. The van der Waals surface area contributed by atoms with Crippen LogP contribution in [0.2, 0.25) is 0 Å². The summed E-state index contributed by atoms with van der Waals surface area (Å²) in [5, 5.41) is 7.02. The van der Waals surface area contributed by atoms with Crippen molar-refractivity contribution in [3.63, 3.8) is 0 Å². The van der Waals surface area contributed by atoms with Crippen LogP contribution in [0.1, 0.15) is 50.3 Å². The maximum atomic E-state index is 12.2. The van der Waals surface area contributed by atoms with Gasteiger partial charge in [0.25, 0.3) is 0 Å². The zero-order valence-electron chi connectivity index (χ0n) is 13.6. The SMILES string of the molecule is Cc1cnc(C(C)(C)NC(=O)Nc2nc(C(C)(C)C)ns2)s1. The van der Waals surface area contributed by atoms with E-state index < -0.39 is 5.54 Å². The lowest BCUT2D eigenvalue weighted by Gasteiger charge is -2.23. The number of anilines is 1. The minimum Gasteiger partial charge on any atom is -0.326 e. The molecule has 0 aliphatic heterocycles. The van der Waals surface area contributed by atoms with Gasteiger partial charge in [0.2, 0.25) is 5.13 Å². The zero-order chi connectivity index (χ0) is 16.5. The number of urea groups is 1. The van der Waals surface area contributed by atoms with Gasteiger partial charge in [0, 0.05) is 28.0 Å². The molecule has 0 bridgehead atoms. The molecule has 22 heavy (non-hydrogen) atoms. The number of nitrogens with one attached hydrogen (secondary N) is 2. The van der Waals surface area contributed by atoms with Crippen molar-refractivity contribution in [2.45, 2.75) is 52.5 Å². The minimum absolute atomic E-state index is 0.134. The van der Waals surface area contributed by atoms with Gasteiger partial charge in [-0.3, -0.25) is 5.32 Å². The number of hydrogen-bond acceptors (Lipinski definition) is 6. The summed E-state index contributed by atoms with van der Waals surface area (Å²) in [6, 6.07) is -0.311. The summed E-state index contributed by atoms with van der Waals surface area (Å²) in [4.78, 5) is 22.0. The number of aryl methyl sites for hydroxylation is 1. The van der Waals surface area contributed by atoms with Crippen molar-refractivity contribution >= 4 is 34.0 Å². The number of aromatic nitrogens is 3. The van der Waals surface area contributed by atoms with E-state index in [0.717, 1.165) is 15.7 Å². The molecule has 120 valence electrons. The molecule has 2 amide bonds. The van der Waals surface area contributed by atoms with Gasteiger partial charge >= 0.3 is 6.03 Å². The fraction of sp³-hybridized carbons (Fsp3) is 0.571. The molecule has 0 saturated carbocycles. The van der Waals surface area contributed by atoms with Crippen molar-refractivity contribution in [2.75, 3.05) is 5.32 Å². The Balaban J connectivity index is 2.02. The number of amides is 2. The van der Waals surface area contributed by atoms with Gasteiger partial charge in [-0.2, -0.15) is 4.37 Å². The molecule has 2 aromatic rings. The van der Waals surface area contributed by atoms with Crippen molar-refractivity contribution in [2.24, 2.45) is 0 Å². The van der Waals surface area contributed by atoms with E-state index >= 15 is 0 Å². The largest absolute Gasteiger partial charge is 0.326 e. The molecule has 0 atom stereocenters. The van der Waals surface area contributed by atoms with Crippen LogP contribution in [0.4, 0.5) is 9.93 Å². The molecule has 0 aliphatic rings. The molecule has 2 rings (SSSR count). The monoisotopic (exact) mass is 339 g/mol. The number of hydrogen-bond donors (Lipinski definition) is 2. The van der Waals surface area contributed by atoms with E-state index in [0.29, 0.717) is 5.13 Å². The molecule has 2 heterocycles. The molecule has 0 unspecified atom stereocenters. The van der Waals surface area contributed by atoms with Gasteiger partial charge in [0.15, 0.2) is 0 Å². The van der Waals surface area contributed by atoms with Crippen molar-refractivity contribution in [1.82, 2.24) is 19.7 Å². The second-order valence-corrected chi connectivity index (χ2v) is 8.64. The summed E-state index contributed by atoms with van der Waals surface area (Å²) in [6.07, 6.45) is 1.81. The summed E-state index contributed by atoms with van der Waals surface area (Å²) in [5.74, 6) is 0.725. The highest BCUT2D eigenvalue weighted by atomic mass is 32.1. The van der Waals surface area contributed by atoms with Gasteiger partial charge < -0.3 is 5.32 Å². The van der Waals surface area contributed by atoms with E-state index in [4.69, 9.17) is 0 Å². The normalized spacial score (nSPS) is 12.3. The lowest BCUT2D eigenvalue weighted by Crippen LogP contribution is -2.43. The van der Waals surface area contributed by atoms with Crippen molar-refractivity contribution < 1.29 is 4.79 Å². The topological polar surface area (TPSA) is 79.8 Å². The summed E-state index contributed by atoms with van der Waals surface area (Å²) in [6.45, 7) is 11.9. The molecule has 2 aromatic heterocycles. The summed E-state index contributed by atoms with van der Waals surface area (Å²) >= 11 is 2.76. The van der Waals surface area contributed by atoms with E-state index in [-0.39, 0.29) is 11.4 Å². The van der Waals surface area contributed by atoms with Crippen LogP contribution in [0.5, 0.6) is 0 Å². The number of nitrogens with zero attached hydrogens (tertiary/aromatic N) is 3. The number of carbonyl (C=O) groups excluding carboxylic acids is 1. The van der Waals surface area contributed by atoms with Gasteiger partial charge in [0.05, 0.1) is 5.54 Å². The average Bonchev–Trinajstić information content (AvgIpc) is 2.96. The van der Waals surface area contributed by atoms with Crippen molar-refractivity contribution in [3.8, 4) is 0 Å². The lowest BCUT2D eigenvalue weighted by molar-refractivity contribution is 0.241. The predicted molar refractivity (Wildman–Crippen MR) is 90.6 cm³/mol. The van der Waals surface area contributed by atoms with Crippen molar-refractivity contribution in [1.29, 1.82) is 0 Å². The van der Waals surface area contributed by atoms with Crippen LogP contribution >= 0.6 is 22.9 Å². The minimum atomic E-state index is -0.541. The molecule has 2 N–H and O–H groups in total. The molecule has 0 spiro atoms. The third-order valence-electron chi connectivity index (χ3n) is 2.90. The molecular weight excluding hydrogens is 318 g/mol. The third kappa shape index (κ3) is 4.01. The Labute approximate surface area is 138 Å². The molecule has 8 heteroatoms. The standard InChI is InChI=1S/C14H21N5OS2/c1-8-7-15-10(21-8)14(5,6)18-11(20)17-12-16-9(19-22-12)13(2,3)4/h7H,1-6H3,(H2,16,17,18,19,20). The lowest BCUT2D eigenvalue weighted by atomic mass is 9.96. The molecule has 0 saturated heterocycles. The van der Waals surface area contributed by atoms with Gasteiger partial charge in [-0.15, -0.1) is 11.3 Å². The first-order valence-corrected chi connectivity index (χ1v) is 8.53. The van der Waals surface area contributed by atoms with Gasteiger partial charge in [-0.25, -0.2) is 14.8 Å². The Morgan fingerprint density at radius 3 is 2.41 bits per heavy atom. The predicted octanol–water partition coefficient (Wildman–Crippen LogP) is 3.66.